The molecule has 3 aliphatic rings. The van der Waals surface area contributed by atoms with Gasteiger partial charge >= 0.3 is 0 Å². The summed E-state index contributed by atoms with van der Waals surface area (Å²) in [6.07, 6.45) is 5.26. The maximum Gasteiger partial charge on any atom is 0.243 e. The Balaban J connectivity index is 1.27. The predicted octanol–water partition coefficient (Wildman–Crippen LogP) is 1.75. The minimum absolute atomic E-state index is 0.236. The van der Waals surface area contributed by atoms with Crippen molar-refractivity contribution in [3.05, 3.63) is 30.6 Å². The zero-order valence-electron chi connectivity index (χ0n) is 17.4. The molecule has 0 bridgehead atoms. The number of nitrogens with zero attached hydrogens (tertiary/aromatic N) is 5. The van der Waals surface area contributed by atoms with Crippen molar-refractivity contribution >= 4 is 21.7 Å². The van der Waals surface area contributed by atoms with Gasteiger partial charge in [0.05, 0.1) is 4.90 Å². The number of sulfonamides is 1. The molecule has 1 aromatic heterocycles. The zero-order valence-corrected chi connectivity index (χ0v) is 18.3. The van der Waals surface area contributed by atoms with E-state index in [9.17, 15) is 8.42 Å². The molecule has 9 nitrogen and oxygen atoms in total. The molecule has 0 aliphatic carbocycles. The summed E-state index contributed by atoms with van der Waals surface area (Å²) in [5.74, 6) is 2.88. The highest BCUT2D eigenvalue weighted by Gasteiger charge is 2.30. The molecule has 0 spiro atoms. The Morgan fingerprint density at radius 1 is 0.742 bits per heavy atom. The molecule has 3 aliphatic heterocycles. The highest BCUT2D eigenvalue weighted by molar-refractivity contribution is 7.89. The number of hydrogen-bond acceptors (Lipinski definition) is 8. The van der Waals surface area contributed by atoms with Gasteiger partial charge in [-0.05, 0) is 31.4 Å². The van der Waals surface area contributed by atoms with E-state index >= 15 is 0 Å². The second-order valence-electron chi connectivity index (χ2n) is 7.98. The van der Waals surface area contributed by atoms with Crippen LogP contribution < -0.4 is 19.3 Å². The summed E-state index contributed by atoms with van der Waals surface area (Å²) >= 11 is 0. The van der Waals surface area contributed by atoms with Gasteiger partial charge in [0.1, 0.15) is 31.2 Å². The number of fused-ring (bicyclic) bond motifs is 1. The summed E-state index contributed by atoms with van der Waals surface area (Å²) in [4.78, 5) is 13.6. The summed E-state index contributed by atoms with van der Waals surface area (Å²) in [6, 6.07) is 6.84. The number of hydrogen-bond donors (Lipinski definition) is 0. The maximum atomic E-state index is 13.2. The molecule has 0 amide bonds. The van der Waals surface area contributed by atoms with Crippen LogP contribution in [0.5, 0.6) is 11.5 Å². The largest absolute Gasteiger partial charge is 0.486 e. The third-order valence-electron chi connectivity index (χ3n) is 6.03. The topological polar surface area (TPSA) is 88.1 Å². The van der Waals surface area contributed by atoms with Crippen LogP contribution in [0.4, 0.5) is 11.6 Å². The van der Waals surface area contributed by atoms with Gasteiger partial charge in [-0.25, -0.2) is 18.4 Å². The van der Waals surface area contributed by atoms with E-state index in [1.807, 2.05) is 6.07 Å². The van der Waals surface area contributed by atoms with Crippen LogP contribution in [0.25, 0.3) is 0 Å². The quantitative estimate of drug-likeness (QED) is 0.703. The first-order valence-corrected chi connectivity index (χ1v) is 12.3. The van der Waals surface area contributed by atoms with Gasteiger partial charge in [0.15, 0.2) is 11.5 Å². The SMILES string of the molecule is O=S(=O)(c1ccc2c(c1)OCCO2)N1CCN(c2cc(N3CCCCC3)ncn2)CC1. The summed E-state index contributed by atoms with van der Waals surface area (Å²) in [7, 11) is -3.60. The van der Waals surface area contributed by atoms with Crippen molar-refractivity contribution in [1.82, 2.24) is 14.3 Å². The minimum Gasteiger partial charge on any atom is -0.486 e. The highest BCUT2D eigenvalue weighted by Crippen LogP contribution is 2.33. The third-order valence-corrected chi connectivity index (χ3v) is 7.93. The van der Waals surface area contributed by atoms with Gasteiger partial charge < -0.3 is 19.3 Å². The lowest BCUT2D eigenvalue weighted by Crippen LogP contribution is -2.49. The number of anilines is 2. The summed E-state index contributed by atoms with van der Waals surface area (Å²) in [6.45, 7) is 4.92. The van der Waals surface area contributed by atoms with Crippen molar-refractivity contribution in [2.75, 3.05) is 62.3 Å². The number of benzene rings is 1. The molecule has 2 fully saturated rings. The normalized spacial score (nSPS) is 20.0. The van der Waals surface area contributed by atoms with Gasteiger partial charge in [-0.3, -0.25) is 0 Å². The molecule has 0 unspecified atom stereocenters. The van der Waals surface area contributed by atoms with Crippen LogP contribution in [-0.2, 0) is 10.0 Å². The van der Waals surface area contributed by atoms with Crippen LogP contribution in [-0.4, -0.2) is 75.2 Å². The molecular weight excluding hydrogens is 418 g/mol. The molecule has 5 rings (SSSR count). The Kier molecular flexibility index (Phi) is 5.58. The van der Waals surface area contributed by atoms with Crippen molar-refractivity contribution in [3.63, 3.8) is 0 Å². The molecule has 2 aromatic rings. The molecular formula is C21H27N5O4S. The lowest BCUT2D eigenvalue weighted by atomic mass is 10.1. The van der Waals surface area contributed by atoms with Gasteiger partial charge in [0.2, 0.25) is 10.0 Å². The second kappa shape index (κ2) is 8.51. The van der Waals surface area contributed by atoms with E-state index < -0.39 is 10.0 Å². The number of aromatic nitrogens is 2. The molecule has 0 saturated carbocycles. The summed E-state index contributed by atoms with van der Waals surface area (Å²) in [5.41, 5.74) is 0. The zero-order chi connectivity index (χ0) is 21.3. The molecule has 166 valence electrons. The average molecular weight is 446 g/mol. The second-order valence-corrected chi connectivity index (χ2v) is 9.92. The van der Waals surface area contributed by atoms with Crippen molar-refractivity contribution in [3.8, 4) is 11.5 Å². The average Bonchev–Trinajstić information content (AvgIpc) is 2.84. The van der Waals surface area contributed by atoms with Crippen LogP contribution in [0, 0.1) is 0 Å². The minimum atomic E-state index is -3.60. The summed E-state index contributed by atoms with van der Waals surface area (Å²) < 4.78 is 38.9. The first kappa shape index (κ1) is 20.3. The Hall–Kier alpha value is -2.59. The molecule has 4 heterocycles. The number of rotatable bonds is 4. The van der Waals surface area contributed by atoms with Crippen molar-refractivity contribution in [2.24, 2.45) is 0 Å². The van der Waals surface area contributed by atoms with Crippen molar-refractivity contribution in [1.29, 1.82) is 0 Å². The Morgan fingerprint density at radius 3 is 2.10 bits per heavy atom. The van der Waals surface area contributed by atoms with Crippen LogP contribution in [0.3, 0.4) is 0 Å². The lowest BCUT2D eigenvalue weighted by molar-refractivity contribution is 0.171. The van der Waals surface area contributed by atoms with Gasteiger partial charge in [0.25, 0.3) is 0 Å². The van der Waals surface area contributed by atoms with E-state index in [4.69, 9.17) is 9.47 Å². The van der Waals surface area contributed by atoms with E-state index in [1.165, 1.54) is 23.6 Å². The van der Waals surface area contributed by atoms with Gasteiger partial charge in [0, 0.05) is 51.4 Å². The number of ether oxygens (including phenoxy) is 2. The molecule has 31 heavy (non-hydrogen) atoms. The predicted molar refractivity (Wildman–Crippen MR) is 116 cm³/mol. The molecule has 10 heteroatoms. The first-order chi connectivity index (χ1) is 15.1. The monoisotopic (exact) mass is 445 g/mol. The van der Waals surface area contributed by atoms with E-state index in [-0.39, 0.29) is 4.90 Å². The van der Waals surface area contributed by atoms with Crippen LogP contribution >= 0.6 is 0 Å². The fourth-order valence-electron chi connectivity index (χ4n) is 4.30. The molecule has 1 aromatic carbocycles. The van der Waals surface area contributed by atoms with Crippen molar-refractivity contribution < 1.29 is 17.9 Å². The maximum absolute atomic E-state index is 13.2. The highest BCUT2D eigenvalue weighted by atomic mass is 32.2. The van der Waals surface area contributed by atoms with Crippen LogP contribution in [0.1, 0.15) is 19.3 Å². The fourth-order valence-corrected chi connectivity index (χ4v) is 5.73. The molecule has 0 atom stereocenters. The Bertz CT molecular complexity index is 1030. The van der Waals surface area contributed by atoms with Crippen LogP contribution in [0.2, 0.25) is 0 Å². The van der Waals surface area contributed by atoms with Gasteiger partial charge in [-0.1, -0.05) is 0 Å². The first-order valence-electron chi connectivity index (χ1n) is 10.8. The van der Waals surface area contributed by atoms with Gasteiger partial charge in [-0.2, -0.15) is 4.31 Å². The van der Waals surface area contributed by atoms with E-state index in [1.54, 1.807) is 24.5 Å². The summed E-state index contributed by atoms with van der Waals surface area (Å²) in [5, 5.41) is 0. The standard InChI is InChI=1S/C21H27N5O4S/c27-31(28,17-4-5-18-19(14-17)30-13-12-29-18)26-10-8-25(9-11-26)21-15-20(22-16-23-21)24-6-2-1-3-7-24/h4-5,14-16H,1-3,6-13H2. The number of piperidine rings is 1. The van der Waals surface area contributed by atoms with Gasteiger partial charge in [-0.15, -0.1) is 0 Å². The Morgan fingerprint density at radius 2 is 1.39 bits per heavy atom. The van der Waals surface area contributed by atoms with Crippen LogP contribution in [0.15, 0.2) is 35.5 Å². The molecule has 0 radical (unpaired) electrons. The lowest BCUT2D eigenvalue weighted by Gasteiger charge is -2.35. The smallest absolute Gasteiger partial charge is 0.243 e. The van der Waals surface area contributed by atoms with E-state index in [0.29, 0.717) is 50.9 Å². The van der Waals surface area contributed by atoms with Crippen molar-refractivity contribution in [2.45, 2.75) is 24.2 Å². The van der Waals surface area contributed by atoms with E-state index in [0.717, 1.165) is 24.7 Å². The van der Waals surface area contributed by atoms with E-state index in [2.05, 4.69) is 19.8 Å². The molecule has 0 N–H and O–H groups in total. The fraction of sp³-hybridized carbons (Fsp3) is 0.524. The third kappa shape index (κ3) is 4.14. The molecule has 2 saturated heterocycles. The Labute approximate surface area is 182 Å². The number of piperazine rings is 1.